The Hall–Kier alpha value is -2.34. The minimum absolute atomic E-state index is 0.381. The van der Waals surface area contributed by atoms with Crippen LogP contribution in [0.5, 0.6) is 5.75 Å². The van der Waals surface area contributed by atoms with Gasteiger partial charge in [0.05, 0.1) is 6.61 Å². The Morgan fingerprint density at radius 1 is 0.913 bits per heavy atom. The lowest BCUT2D eigenvalue weighted by Gasteiger charge is -2.08. The average Bonchev–Trinajstić information content (AvgIpc) is 2.58. The maximum absolute atomic E-state index is 12.0. The van der Waals surface area contributed by atoms with Crippen LogP contribution >= 0.6 is 15.9 Å². The van der Waals surface area contributed by atoms with Gasteiger partial charge in [0.15, 0.2) is 0 Å². The number of nitrogens with one attached hydrogen (secondary N) is 2. The Labute approximate surface area is 143 Å². The molecule has 0 unspecified atom stereocenters. The van der Waals surface area contributed by atoms with Crippen molar-refractivity contribution in [1.82, 2.24) is 10.9 Å². The number of ether oxygens (including phenoxy) is 1. The molecular weight excluding hydrogens is 360 g/mol. The Morgan fingerprint density at radius 2 is 1.39 bits per heavy atom. The van der Waals surface area contributed by atoms with Crippen molar-refractivity contribution in [1.29, 1.82) is 0 Å². The molecule has 2 amide bonds. The van der Waals surface area contributed by atoms with Gasteiger partial charge in [-0.1, -0.05) is 22.9 Å². The molecule has 0 saturated heterocycles. The van der Waals surface area contributed by atoms with Crippen LogP contribution in [-0.2, 0) is 0 Å². The largest absolute Gasteiger partial charge is 0.494 e. The minimum Gasteiger partial charge on any atom is -0.494 e. The summed E-state index contributed by atoms with van der Waals surface area (Å²) in [5, 5.41) is 0. The molecule has 120 valence electrons. The Kier molecular flexibility index (Phi) is 6.17. The first-order valence-corrected chi connectivity index (χ1v) is 7.98. The fourth-order valence-electron chi connectivity index (χ4n) is 1.78. The molecule has 0 radical (unpaired) electrons. The normalized spacial score (nSPS) is 10.0. The second kappa shape index (κ2) is 8.33. The van der Waals surface area contributed by atoms with Crippen molar-refractivity contribution in [2.45, 2.75) is 13.3 Å². The molecule has 5 nitrogen and oxygen atoms in total. The Balaban J connectivity index is 1.89. The smallest absolute Gasteiger partial charge is 0.269 e. The lowest BCUT2D eigenvalue weighted by atomic mass is 10.2. The summed E-state index contributed by atoms with van der Waals surface area (Å²) in [6.45, 7) is 2.66. The van der Waals surface area contributed by atoms with E-state index in [4.69, 9.17) is 4.74 Å². The zero-order chi connectivity index (χ0) is 16.7. The van der Waals surface area contributed by atoms with Crippen LogP contribution in [0.1, 0.15) is 34.1 Å². The van der Waals surface area contributed by atoms with Gasteiger partial charge in [0, 0.05) is 15.6 Å². The molecule has 6 heteroatoms. The zero-order valence-electron chi connectivity index (χ0n) is 12.6. The molecule has 2 aromatic carbocycles. The van der Waals surface area contributed by atoms with E-state index in [2.05, 4.69) is 26.8 Å². The maximum atomic E-state index is 12.0. The second-order valence-corrected chi connectivity index (χ2v) is 5.70. The SMILES string of the molecule is CCCOc1ccc(C(=O)NNC(=O)c2ccc(Br)cc2)cc1. The first-order chi connectivity index (χ1) is 11.1. The third-order valence-electron chi connectivity index (χ3n) is 2.99. The van der Waals surface area contributed by atoms with Gasteiger partial charge in [0.2, 0.25) is 0 Å². The van der Waals surface area contributed by atoms with Gasteiger partial charge >= 0.3 is 0 Å². The number of benzene rings is 2. The van der Waals surface area contributed by atoms with E-state index in [1.54, 1.807) is 48.5 Å². The monoisotopic (exact) mass is 376 g/mol. The average molecular weight is 377 g/mol. The summed E-state index contributed by atoms with van der Waals surface area (Å²) in [5.74, 6) is -0.0615. The number of amides is 2. The van der Waals surface area contributed by atoms with Crippen LogP contribution in [-0.4, -0.2) is 18.4 Å². The van der Waals surface area contributed by atoms with E-state index >= 15 is 0 Å². The maximum Gasteiger partial charge on any atom is 0.269 e. The van der Waals surface area contributed by atoms with E-state index in [-0.39, 0.29) is 5.91 Å². The van der Waals surface area contributed by atoms with Crippen LogP contribution in [0.3, 0.4) is 0 Å². The molecule has 0 atom stereocenters. The summed E-state index contributed by atoms with van der Waals surface area (Å²) in [6, 6.07) is 13.6. The molecule has 0 bridgehead atoms. The standard InChI is InChI=1S/C17H17BrN2O3/c1-2-11-23-15-9-5-13(6-10-15)17(22)20-19-16(21)12-3-7-14(18)8-4-12/h3-10H,2,11H2,1H3,(H,19,21)(H,20,22). The molecule has 2 N–H and O–H groups in total. The van der Waals surface area contributed by atoms with Gasteiger partial charge in [-0.05, 0) is 55.0 Å². The quantitative estimate of drug-likeness (QED) is 0.786. The van der Waals surface area contributed by atoms with Gasteiger partial charge in [-0.15, -0.1) is 0 Å². The molecule has 0 aliphatic heterocycles. The van der Waals surface area contributed by atoms with Crippen molar-refractivity contribution in [3.05, 3.63) is 64.1 Å². The third-order valence-corrected chi connectivity index (χ3v) is 3.51. The topological polar surface area (TPSA) is 67.4 Å². The lowest BCUT2D eigenvalue weighted by molar-refractivity contribution is 0.0846. The van der Waals surface area contributed by atoms with Crippen molar-refractivity contribution < 1.29 is 14.3 Å². The second-order valence-electron chi connectivity index (χ2n) is 4.79. The first kappa shape index (κ1) is 17.0. The van der Waals surface area contributed by atoms with Crippen LogP contribution in [0.25, 0.3) is 0 Å². The van der Waals surface area contributed by atoms with Crippen LogP contribution in [0.15, 0.2) is 53.0 Å². The van der Waals surface area contributed by atoms with Crippen molar-refractivity contribution in [3.63, 3.8) is 0 Å². The van der Waals surface area contributed by atoms with E-state index in [1.807, 2.05) is 6.92 Å². The fourth-order valence-corrected chi connectivity index (χ4v) is 2.05. The summed E-state index contributed by atoms with van der Waals surface area (Å²) in [4.78, 5) is 23.9. The van der Waals surface area contributed by atoms with Crippen LogP contribution < -0.4 is 15.6 Å². The lowest BCUT2D eigenvalue weighted by Crippen LogP contribution is -2.41. The summed E-state index contributed by atoms with van der Waals surface area (Å²) < 4.78 is 6.33. The summed E-state index contributed by atoms with van der Waals surface area (Å²) in [7, 11) is 0. The van der Waals surface area contributed by atoms with Gasteiger partial charge < -0.3 is 4.74 Å². The van der Waals surface area contributed by atoms with Gasteiger partial charge in [-0.3, -0.25) is 20.4 Å². The van der Waals surface area contributed by atoms with Gasteiger partial charge in [-0.2, -0.15) is 0 Å². The van der Waals surface area contributed by atoms with Crippen molar-refractivity contribution >= 4 is 27.7 Å². The summed E-state index contributed by atoms with van der Waals surface area (Å²) in [6.07, 6.45) is 0.921. The number of hydrogen-bond acceptors (Lipinski definition) is 3. The highest BCUT2D eigenvalue weighted by atomic mass is 79.9. The number of hydrogen-bond donors (Lipinski definition) is 2. The van der Waals surface area contributed by atoms with E-state index in [0.29, 0.717) is 23.5 Å². The van der Waals surface area contributed by atoms with Gasteiger partial charge in [0.1, 0.15) is 5.75 Å². The van der Waals surface area contributed by atoms with Crippen LogP contribution in [0, 0.1) is 0 Å². The molecule has 2 rings (SSSR count). The predicted octanol–water partition coefficient (Wildman–Crippen LogP) is 3.31. The number of rotatable bonds is 5. The van der Waals surface area contributed by atoms with Crippen molar-refractivity contribution in [3.8, 4) is 5.75 Å². The van der Waals surface area contributed by atoms with Crippen molar-refractivity contribution in [2.24, 2.45) is 0 Å². The highest BCUT2D eigenvalue weighted by Crippen LogP contribution is 2.12. The number of carbonyl (C=O) groups is 2. The van der Waals surface area contributed by atoms with E-state index in [0.717, 1.165) is 10.9 Å². The summed E-state index contributed by atoms with van der Waals surface area (Å²) in [5.41, 5.74) is 5.65. The molecule has 0 aliphatic rings. The predicted molar refractivity (Wildman–Crippen MR) is 91.3 cm³/mol. The van der Waals surface area contributed by atoms with E-state index < -0.39 is 5.91 Å². The molecule has 0 fully saturated rings. The number of hydrazine groups is 1. The highest BCUT2D eigenvalue weighted by Gasteiger charge is 2.09. The van der Waals surface area contributed by atoms with Crippen molar-refractivity contribution in [2.75, 3.05) is 6.61 Å². The van der Waals surface area contributed by atoms with E-state index in [1.165, 1.54) is 0 Å². The molecule has 0 heterocycles. The fraction of sp³-hybridized carbons (Fsp3) is 0.176. The minimum atomic E-state index is -0.391. The molecule has 23 heavy (non-hydrogen) atoms. The molecular formula is C17H17BrN2O3. The highest BCUT2D eigenvalue weighted by molar-refractivity contribution is 9.10. The van der Waals surface area contributed by atoms with Gasteiger partial charge in [0.25, 0.3) is 11.8 Å². The Bertz CT molecular complexity index is 669. The Morgan fingerprint density at radius 3 is 1.87 bits per heavy atom. The van der Waals surface area contributed by atoms with E-state index in [9.17, 15) is 9.59 Å². The van der Waals surface area contributed by atoms with Crippen LogP contribution in [0.2, 0.25) is 0 Å². The molecule has 0 aliphatic carbocycles. The number of carbonyl (C=O) groups excluding carboxylic acids is 2. The van der Waals surface area contributed by atoms with Gasteiger partial charge in [-0.25, -0.2) is 0 Å². The zero-order valence-corrected chi connectivity index (χ0v) is 14.2. The molecule has 0 spiro atoms. The molecule has 0 saturated carbocycles. The third kappa shape index (κ3) is 5.10. The molecule has 2 aromatic rings. The van der Waals surface area contributed by atoms with Crippen LogP contribution in [0.4, 0.5) is 0 Å². The summed E-state index contributed by atoms with van der Waals surface area (Å²) >= 11 is 3.30. The first-order valence-electron chi connectivity index (χ1n) is 7.19. The molecule has 0 aromatic heterocycles. The number of halogens is 1.